The van der Waals surface area contributed by atoms with Crippen LogP contribution in [0.2, 0.25) is 5.02 Å². The lowest BCUT2D eigenvalue weighted by Crippen LogP contribution is -2.29. The minimum Gasteiger partial charge on any atom is -0.320 e. The third-order valence-corrected chi connectivity index (χ3v) is 2.63. The Morgan fingerprint density at radius 3 is 2.65 bits per heavy atom. The van der Waals surface area contributed by atoms with Gasteiger partial charge in [0.15, 0.2) is 0 Å². The van der Waals surface area contributed by atoms with Crippen LogP contribution in [0.15, 0.2) is 24.4 Å². The summed E-state index contributed by atoms with van der Waals surface area (Å²) in [4.78, 5) is 0. The van der Waals surface area contributed by atoms with Crippen LogP contribution in [0.4, 0.5) is 4.39 Å². The van der Waals surface area contributed by atoms with Crippen molar-refractivity contribution in [3.05, 3.63) is 40.9 Å². The van der Waals surface area contributed by atoms with Crippen molar-refractivity contribution in [1.82, 2.24) is 15.0 Å². The largest absolute Gasteiger partial charge is 0.320 e. The Hall–Kier alpha value is -1.46. The topological polar surface area (TPSA) is 56.7 Å². The molecular weight excluding hydrogens is 243 g/mol. The van der Waals surface area contributed by atoms with Gasteiger partial charge in [0.25, 0.3) is 0 Å². The first-order chi connectivity index (χ1) is 7.88. The Kier molecular flexibility index (Phi) is 2.89. The second kappa shape index (κ2) is 4.09. The van der Waals surface area contributed by atoms with Gasteiger partial charge < -0.3 is 5.73 Å². The summed E-state index contributed by atoms with van der Waals surface area (Å²) in [6.07, 6.45) is 1.67. The van der Waals surface area contributed by atoms with Gasteiger partial charge in [0, 0.05) is 6.07 Å². The number of hydrogen-bond donors (Lipinski definition) is 1. The number of rotatable bonds is 2. The van der Waals surface area contributed by atoms with Crippen molar-refractivity contribution in [3.8, 4) is 5.69 Å². The fourth-order valence-electron chi connectivity index (χ4n) is 1.31. The Morgan fingerprint density at radius 1 is 1.41 bits per heavy atom. The number of nitrogens with zero attached hydrogens (tertiary/aromatic N) is 3. The van der Waals surface area contributed by atoms with Gasteiger partial charge in [-0.1, -0.05) is 16.8 Å². The van der Waals surface area contributed by atoms with Gasteiger partial charge in [0.05, 0.1) is 22.4 Å². The third-order valence-electron chi connectivity index (χ3n) is 2.32. The number of nitrogens with two attached hydrogens (primary N) is 1. The molecule has 1 aromatic heterocycles. The van der Waals surface area contributed by atoms with Crippen LogP contribution in [0, 0.1) is 5.82 Å². The lowest BCUT2D eigenvalue weighted by molar-refractivity contribution is 0.533. The second-order valence-corrected chi connectivity index (χ2v) is 4.78. The third kappa shape index (κ3) is 2.45. The maximum atomic E-state index is 13.3. The van der Waals surface area contributed by atoms with E-state index in [0.717, 1.165) is 0 Å². The van der Waals surface area contributed by atoms with Crippen molar-refractivity contribution in [3.63, 3.8) is 0 Å². The monoisotopic (exact) mass is 254 g/mol. The van der Waals surface area contributed by atoms with Crippen LogP contribution in [0.5, 0.6) is 0 Å². The van der Waals surface area contributed by atoms with Crippen LogP contribution in [0.1, 0.15) is 19.5 Å². The molecule has 2 N–H and O–H groups in total. The molecule has 0 amide bonds. The van der Waals surface area contributed by atoms with E-state index in [1.165, 1.54) is 16.8 Å². The van der Waals surface area contributed by atoms with Crippen molar-refractivity contribution in [1.29, 1.82) is 0 Å². The van der Waals surface area contributed by atoms with E-state index in [-0.39, 0.29) is 5.02 Å². The predicted octanol–water partition coefficient (Wildman–Crippen LogP) is 2.25. The maximum Gasteiger partial charge on any atom is 0.143 e. The summed E-state index contributed by atoms with van der Waals surface area (Å²) in [7, 11) is 0. The van der Waals surface area contributed by atoms with Crippen LogP contribution >= 0.6 is 11.6 Å². The minimum atomic E-state index is -0.580. The highest BCUT2D eigenvalue weighted by Crippen LogP contribution is 2.19. The van der Waals surface area contributed by atoms with Crippen LogP contribution in [0.3, 0.4) is 0 Å². The molecule has 2 aromatic rings. The molecule has 0 fully saturated rings. The first kappa shape index (κ1) is 12.0. The molecule has 6 heteroatoms. The lowest BCUT2D eigenvalue weighted by atomic mass is 10.0. The van der Waals surface area contributed by atoms with Crippen molar-refractivity contribution in [2.75, 3.05) is 0 Å². The molecule has 0 atom stereocenters. The Balaban J connectivity index is 2.40. The zero-order valence-electron chi connectivity index (χ0n) is 9.48. The Labute approximate surface area is 103 Å². The number of aromatic nitrogens is 3. The van der Waals surface area contributed by atoms with E-state index in [1.54, 1.807) is 12.3 Å². The molecule has 0 saturated heterocycles. The normalized spacial score (nSPS) is 11.8. The summed E-state index contributed by atoms with van der Waals surface area (Å²) < 4.78 is 14.7. The smallest absolute Gasteiger partial charge is 0.143 e. The zero-order chi connectivity index (χ0) is 12.6. The summed E-state index contributed by atoms with van der Waals surface area (Å²) in [5.41, 5.74) is 6.49. The molecule has 0 aliphatic rings. The summed E-state index contributed by atoms with van der Waals surface area (Å²) in [5.74, 6) is -0.492. The number of halogens is 2. The van der Waals surface area contributed by atoms with Gasteiger partial charge in [-0.15, -0.1) is 5.10 Å². The van der Waals surface area contributed by atoms with Crippen molar-refractivity contribution < 1.29 is 4.39 Å². The van der Waals surface area contributed by atoms with E-state index in [2.05, 4.69) is 10.3 Å². The standard InChI is InChI=1S/C11H12ClFN4/c1-11(2,14)10-6-17(16-15-10)7-3-4-8(12)9(13)5-7/h3-6H,14H2,1-2H3. The van der Waals surface area contributed by atoms with Gasteiger partial charge in [0.1, 0.15) is 11.5 Å². The molecule has 0 aliphatic heterocycles. The molecule has 1 heterocycles. The molecule has 0 bridgehead atoms. The molecule has 0 spiro atoms. The fourth-order valence-corrected chi connectivity index (χ4v) is 1.43. The quantitative estimate of drug-likeness (QED) is 0.894. The molecule has 4 nitrogen and oxygen atoms in total. The molecule has 0 unspecified atom stereocenters. The molecule has 90 valence electrons. The highest BCUT2D eigenvalue weighted by molar-refractivity contribution is 6.30. The predicted molar refractivity (Wildman–Crippen MR) is 63.5 cm³/mol. The SMILES string of the molecule is CC(C)(N)c1cn(-c2ccc(Cl)c(F)c2)nn1. The molecule has 0 saturated carbocycles. The van der Waals surface area contributed by atoms with Crippen molar-refractivity contribution in [2.45, 2.75) is 19.4 Å². The molecule has 2 rings (SSSR count). The van der Waals surface area contributed by atoms with Crippen LogP contribution in [-0.4, -0.2) is 15.0 Å². The van der Waals surface area contributed by atoms with Crippen LogP contribution in [-0.2, 0) is 5.54 Å². The number of benzene rings is 1. The van der Waals surface area contributed by atoms with E-state index in [4.69, 9.17) is 17.3 Å². The lowest BCUT2D eigenvalue weighted by Gasteiger charge is -2.13. The van der Waals surface area contributed by atoms with Crippen molar-refractivity contribution in [2.24, 2.45) is 5.73 Å². The maximum absolute atomic E-state index is 13.3. The fraction of sp³-hybridized carbons (Fsp3) is 0.273. The zero-order valence-corrected chi connectivity index (χ0v) is 10.2. The van der Waals surface area contributed by atoms with E-state index in [1.807, 2.05) is 13.8 Å². The molecule has 17 heavy (non-hydrogen) atoms. The van der Waals surface area contributed by atoms with Gasteiger partial charge >= 0.3 is 0 Å². The first-order valence-electron chi connectivity index (χ1n) is 5.05. The second-order valence-electron chi connectivity index (χ2n) is 4.37. The highest BCUT2D eigenvalue weighted by atomic mass is 35.5. The summed E-state index contributed by atoms with van der Waals surface area (Å²) >= 11 is 5.61. The van der Waals surface area contributed by atoms with Gasteiger partial charge in [-0.25, -0.2) is 9.07 Å². The summed E-state index contributed by atoms with van der Waals surface area (Å²) in [5, 5.41) is 7.93. The van der Waals surface area contributed by atoms with Crippen LogP contribution < -0.4 is 5.73 Å². The molecule has 0 radical (unpaired) electrons. The molecular formula is C11H12ClFN4. The first-order valence-corrected chi connectivity index (χ1v) is 5.43. The van der Waals surface area contributed by atoms with Gasteiger partial charge in [0.2, 0.25) is 0 Å². The van der Waals surface area contributed by atoms with E-state index in [9.17, 15) is 4.39 Å². The summed E-state index contributed by atoms with van der Waals surface area (Å²) in [6, 6.07) is 4.43. The Morgan fingerprint density at radius 2 is 2.12 bits per heavy atom. The number of hydrogen-bond acceptors (Lipinski definition) is 3. The highest BCUT2D eigenvalue weighted by Gasteiger charge is 2.18. The molecule has 0 aliphatic carbocycles. The van der Waals surface area contributed by atoms with E-state index >= 15 is 0 Å². The minimum absolute atomic E-state index is 0.0771. The summed E-state index contributed by atoms with van der Waals surface area (Å²) in [6.45, 7) is 3.65. The van der Waals surface area contributed by atoms with Gasteiger partial charge in [-0.05, 0) is 26.0 Å². The van der Waals surface area contributed by atoms with Crippen molar-refractivity contribution >= 4 is 11.6 Å². The van der Waals surface area contributed by atoms with E-state index < -0.39 is 11.4 Å². The van der Waals surface area contributed by atoms with Crippen LogP contribution in [0.25, 0.3) is 5.69 Å². The van der Waals surface area contributed by atoms with E-state index in [0.29, 0.717) is 11.4 Å². The van der Waals surface area contributed by atoms with Gasteiger partial charge in [-0.3, -0.25) is 0 Å². The molecule has 1 aromatic carbocycles. The average Bonchev–Trinajstić information content (AvgIpc) is 2.70. The Bertz CT molecular complexity index is 545. The average molecular weight is 255 g/mol. The van der Waals surface area contributed by atoms with Gasteiger partial charge in [-0.2, -0.15) is 0 Å².